The molecule has 1 heterocycles. The number of carbonyl (C=O) groups is 2. The molecule has 0 radical (unpaired) electrons. The minimum atomic E-state index is -0.0583. The van der Waals surface area contributed by atoms with E-state index in [0.29, 0.717) is 12.0 Å². The van der Waals surface area contributed by atoms with Gasteiger partial charge in [0.2, 0.25) is 5.91 Å². The number of anilines is 1. The fourth-order valence-corrected chi connectivity index (χ4v) is 3.02. The van der Waals surface area contributed by atoms with Gasteiger partial charge in [-0.25, -0.2) is 0 Å². The zero-order valence-electron chi connectivity index (χ0n) is 16.5. The number of aromatic nitrogens is 1. The van der Waals surface area contributed by atoms with Crippen LogP contribution in [0.1, 0.15) is 46.9 Å². The van der Waals surface area contributed by atoms with Crippen LogP contribution in [0, 0.1) is 19.8 Å². The Morgan fingerprint density at radius 2 is 1.96 bits per heavy atom. The van der Waals surface area contributed by atoms with Gasteiger partial charge in [0.1, 0.15) is 0 Å². The van der Waals surface area contributed by atoms with Crippen LogP contribution in [0.3, 0.4) is 0 Å². The van der Waals surface area contributed by atoms with Crippen LogP contribution in [0.4, 0.5) is 5.69 Å². The number of rotatable bonds is 6. The second-order valence-electron chi connectivity index (χ2n) is 7.59. The van der Waals surface area contributed by atoms with Crippen molar-refractivity contribution < 1.29 is 9.59 Å². The molecule has 1 aliphatic rings. The first-order valence-electron chi connectivity index (χ1n) is 9.45. The second kappa shape index (κ2) is 7.91. The molecular weight excluding hydrogens is 338 g/mol. The molecule has 27 heavy (non-hydrogen) atoms. The molecule has 1 saturated carbocycles. The minimum Gasteiger partial charge on any atom is -0.339 e. The molecule has 0 unspecified atom stereocenters. The number of carbonyl (C=O) groups excluding carboxylic acids is 2. The molecule has 1 aliphatic carbocycles. The lowest BCUT2D eigenvalue weighted by Gasteiger charge is -2.25. The smallest absolute Gasteiger partial charge is 0.253 e. The van der Waals surface area contributed by atoms with Crippen LogP contribution in [-0.4, -0.2) is 34.8 Å². The van der Waals surface area contributed by atoms with Gasteiger partial charge in [0, 0.05) is 48.6 Å². The fraction of sp³-hybridized carbons (Fsp3) is 0.409. The summed E-state index contributed by atoms with van der Waals surface area (Å²) < 4.78 is 0. The van der Waals surface area contributed by atoms with Crippen LogP contribution < -0.4 is 5.32 Å². The van der Waals surface area contributed by atoms with E-state index >= 15 is 0 Å². The van der Waals surface area contributed by atoms with E-state index in [1.54, 1.807) is 17.2 Å². The van der Waals surface area contributed by atoms with Crippen molar-refractivity contribution in [3.05, 3.63) is 58.9 Å². The third kappa shape index (κ3) is 4.73. The highest BCUT2D eigenvalue weighted by Crippen LogP contribution is 2.31. The van der Waals surface area contributed by atoms with Crippen LogP contribution in [0.15, 0.2) is 36.5 Å². The summed E-state index contributed by atoms with van der Waals surface area (Å²) in [5.74, 6) is 0.125. The van der Waals surface area contributed by atoms with Gasteiger partial charge in [-0.3, -0.25) is 14.6 Å². The maximum absolute atomic E-state index is 12.9. The molecule has 0 aliphatic heterocycles. The molecule has 5 heteroatoms. The van der Waals surface area contributed by atoms with Gasteiger partial charge in [0.25, 0.3) is 5.91 Å². The monoisotopic (exact) mass is 365 g/mol. The molecule has 0 spiro atoms. The van der Waals surface area contributed by atoms with Crippen molar-refractivity contribution in [1.82, 2.24) is 9.88 Å². The lowest BCUT2D eigenvalue weighted by molar-refractivity contribution is -0.117. The van der Waals surface area contributed by atoms with E-state index < -0.39 is 0 Å². The molecule has 1 atom stereocenters. The maximum Gasteiger partial charge on any atom is 0.253 e. The van der Waals surface area contributed by atoms with Gasteiger partial charge < -0.3 is 10.2 Å². The quantitative estimate of drug-likeness (QED) is 0.848. The first-order chi connectivity index (χ1) is 12.8. The predicted molar refractivity (Wildman–Crippen MR) is 107 cm³/mol. The molecule has 2 amide bonds. The topological polar surface area (TPSA) is 62.3 Å². The van der Waals surface area contributed by atoms with E-state index in [9.17, 15) is 9.59 Å². The van der Waals surface area contributed by atoms with Crippen molar-refractivity contribution in [1.29, 1.82) is 0 Å². The standard InChI is InChI=1S/C22H27N3O2/c1-14-9-10-23-19(11-14)12-16(3)25(4)22(27)18-6-5-15(2)20(13-18)24-21(26)17-7-8-17/h5-6,9-11,13,16-17H,7-8,12H2,1-4H3,(H,24,26)/t16-/m1/s1. The molecule has 1 aromatic heterocycles. The Kier molecular flexibility index (Phi) is 5.59. The van der Waals surface area contributed by atoms with Gasteiger partial charge in [0.05, 0.1) is 0 Å². The Morgan fingerprint density at radius 1 is 1.22 bits per heavy atom. The van der Waals surface area contributed by atoms with Crippen LogP contribution in [0.25, 0.3) is 0 Å². The summed E-state index contributed by atoms with van der Waals surface area (Å²) in [4.78, 5) is 31.1. The van der Waals surface area contributed by atoms with Gasteiger partial charge in [0.15, 0.2) is 0 Å². The summed E-state index contributed by atoms with van der Waals surface area (Å²) in [6, 6.07) is 9.51. The number of hydrogen-bond donors (Lipinski definition) is 1. The Morgan fingerprint density at radius 3 is 2.63 bits per heavy atom. The Labute approximate surface area is 160 Å². The highest BCUT2D eigenvalue weighted by molar-refractivity contribution is 5.98. The highest BCUT2D eigenvalue weighted by Gasteiger charge is 2.30. The Bertz CT molecular complexity index is 858. The number of amides is 2. The molecular formula is C22H27N3O2. The van der Waals surface area contributed by atoms with Gasteiger partial charge in [-0.05, 0) is 69.0 Å². The van der Waals surface area contributed by atoms with Crippen molar-refractivity contribution in [3.8, 4) is 0 Å². The minimum absolute atomic E-state index is 0.0117. The lowest BCUT2D eigenvalue weighted by atomic mass is 10.1. The zero-order valence-corrected chi connectivity index (χ0v) is 16.5. The largest absolute Gasteiger partial charge is 0.339 e. The van der Waals surface area contributed by atoms with Crippen LogP contribution in [0.5, 0.6) is 0 Å². The average Bonchev–Trinajstić information content (AvgIpc) is 3.47. The number of likely N-dealkylation sites (N-methyl/N-ethyl adjacent to an activating group) is 1. The molecule has 2 aromatic rings. The maximum atomic E-state index is 12.9. The van der Waals surface area contributed by atoms with E-state index in [2.05, 4.69) is 10.3 Å². The zero-order chi connectivity index (χ0) is 19.6. The summed E-state index contributed by atoms with van der Waals surface area (Å²) in [6.45, 7) is 5.99. The molecule has 1 N–H and O–H groups in total. The molecule has 0 bridgehead atoms. The van der Waals surface area contributed by atoms with Gasteiger partial charge in [-0.2, -0.15) is 0 Å². The molecule has 1 fully saturated rings. The van der Waals surface area contributed by atoms with Crippen LogP contribution >= 0.6 is 0 Å². The number of nitrogens with one attached hydrogen (secondary N) is 1. The number of aryl methyl sites for hydroxylation is 2. The number of hydrogen-bond acceptors (Lipinski definition) is 3. The van der Waals surface area contributed by atoms with Gasteiger partial charge in [-0.15, -0.1) is 0 Å². The Balaban J connectivity index is 1.70. The van der Waals surface area contributed by atoms with E-state index in [4.69, 9.17) is 0 Å². The van der Waals surface area contributed by atoms with E-state index in [-0.39, 0.29) is 23.8 Å². The van der Waals surface area contributed by atoms with Gasteiger partial charge in [-0.1, -0.05) is 6.07 Å². The normalized spacial score (nSPS) is 14.5. The molecule has 0 saturated heterocycles. The number of pyridine rings is 1. The van der Waals surface area contributed by atoms with Crippen molar-refractivity contribution >= 4 is 17.5 Å². The summed E-state index contributed by atoms with van der Waals surface area (Å²) in [7, 11) is 1.81. The van der Waals surface area contributed by atoms with Crippen molar-refractivity contribution in [2.24, 2.45) is 5.92 Å². The first kappa shape index (κ1) is 19.1. The number of benzene rings is 1. The predicted octanol–water partition coefficient (Wildman–Crippen LogP) is 3.75. The van der Waals surface area contributed by atoms with Crippen LogP contribution in [0.2, 0.25) is 0 Å². The molecule has 142 valence electrons. The van der Waals surface area contributed by atoms with E-state index in [1.165, 1.54) is 0 Å². The lowest BCUT2D eigenvalue weighted by Crippen LogP contribution is -2.36. The van der Waals surface area contributed by atoms with Crippen LogP contribution in [-0.2, 0) is 11.2 Å². The molecule has 3 rings (SSSR count). The highest BCUT2D eigenvalue weighted by atomic mass is 16.2. The third-order valence-electron chi connectivity index (χ3n) is 5.15. The Hall–Kier alpha value is -2.69. The third-order valence-corrected chi connectivity index (χ3v) is 5.15. The average molecular weight is 365 g/mol. The van der Waals surface area contributed by atoms with Crippen molar-refractivity contribution in [2.75, 3.05) is 12.4 Å². The van der Waals surface area contributed by atoms with E-state index in [1.807, 2.05) is 52.1 Å². The van der Waals surface area contributed by atoms with E-state index in [0.717, 1.165) is 35.3 Å². The summed E-state index contributed by atoms with van der Waals surface area (Å²) in [5.41, 5.74) is 4.40. The molecule has 5 nitrogen and oxygen atoms in total. The number of nitrogens with zero attached hydrogens (tertiary/aromatic N) is 2. The van der Waals surface area contributed by atoms with Crippen molar-refractivity contribution in [3.63, 3.8) is 0 Å². The fourth-order valence-electron chi connectivity index (χ4n) is 3.02. The summed E-state index contributed by atoms with van der Waals surface area (Å²) in [5, 5.41) is 2.96. The van der Waals surface area contributed by atoms with Crippen molar-refractivity contribution in [2.45, 2.75) is 46.1 Å². The molecule has 1 aromatic carbocycles. The second-order valence-corrected chi connectivity index (χ2v) is 7.59. The SMILES string of the molecule is Cc1ccnc(C[C@@H](C)N(C)C(=O)c2ccc(C)c(NC(=O)C3CC3)c2)c1. The summed E-state index contributed by atoms with van der Waals surface area (Å²) in [6.07, 6.45) is 4.41. The first-order valence-corrected chi connectivity index (χ1v) is 9.45. The summed E-state index contributed by atoms with van der Waals surface area (Å²) >= 11 is 0. The van der Waals surface area contributed by atoms with Gasteiger partial charge >= 0.3 is 0 Å².